The molecular formula is C93H109Cl2N17O10. The zero-order valence-electron chi connectivity index (χ0n) is 69.6. The summed E-state index contributed by atoms with van der Waals surface area (Å²) in [6.45, 7) is 16.2. The lowest BCUT2D eigenvalue weighted by molar-refractivity contribution is 0.0624. The van der Waals surface area contributed by atoms with Gasteiger partial charge in [-0.1, -0.05) is 97.4 Å². The van der Waals surface area contributed by atoms with Crippen LogP contribution in [0.4, 0.5) is 49.3 Å². The number of nitrogens with one attached hydrogen (secondary N) is 11. The lowest BCUT2D eigenvalue weighted by Crippen LogP contribution is -2.42. The normalized spacial score (nSPS) is 17.3. The summed E-state index contributed by atoms with van der Waals surface area (Å²) in [6, 6.07) is 47.2. The Hall–Kier alpha value is -12.5. The van der Waals surface area contributed by atoms with Crippen molar-refractivity contribution in [2.75, 3.05) is 39.0 Å². The van der Waals surface area contributed by atoms with Crippen molar-refractivity contribution in [3.8, 4) is 22.5 Å². The molecule has 0 spiro atoms. The number of nitrogens with zero attached hydrogens (tertiary/aromatic N) is 6. The minimum atomic E-state index is -0.587. The van der Waals surface area contributed by atoms with Gasteiger partial charge in [0.1, 0.15) is 16.8 Å². The Morgan fingerprint density at radius 1 is 0.418 bits per heavy atom. The van der Waals surface area contributed by atoms with Crippen LogP contribution in [-0.4, -0.2) is 141 Å². The van der Waals surface area contributed by atoms with E-state index in [1.165, 1.54) is 5.56 Å². The molecule has 4 aliphatic carbocycles. The van der Waals surface area contributed by atoms with Crippen LogP contribution >= 0.6 is 23.2 Å². The van der Waals surface area contributed by atoms with E-state index in [4.69, 9.17) is 57.5 Å². The van der Waals surface area contributed by atoms with E-state index in [-0.39, 0.29) is 61.4 Å². The fourth-order valence-corrected chi connectivity index (χ4v) is 15.4. The predicted molar refractivity (Wildman–Crippen MR) is 483 cm³/mol. The quantitative estimate of drug-likeness (QED) is 0.0355. The number of carbonyl (C=O) groups is 6. The van der Waals surface area contributed by atoms with Crippen molar-refractivity contribution in [2.24, 2.45) is 0 Å². The molecule has 0 saturated heterocycles. The van der Waals surface area contributed by atoms with E-state index < -0.39 is 35.1 Å². The standard InChI is InChI=1S/C31H34ClN5O3.C30H33ClN6O3.C30H34N6O3.CH4O.CH4/c1-31(2,3)40-30(39)36-21-14-11-20(12-15-21)28(38)34-22-8-6-9-23(17-22)35-29-33-18-26(32)27(37-29)25-16-13-19-7-4-5-10-24(19)25;1-30(2,3)40-29(39)36-19-13-11-18(12-14-19)27(38)34-20-7-6-8-21(15-20)35-28-33-17-24(31)26(37-28)23-16-32-25-10-5-4-9-22(23)25;1-30(2,3)39-29(38)35-20-13-11-19(12-14-20)27(37)33-21-7-6-8-22(17-21)34-28-31-16-15-26(36-28)24-18-32-25-10-5-4-9-23(24)25;1-2;/h4-5,7,10-12,14-16,18,22-23H,6,8-9,13,17H2,1-3H3,(H,34,38)(H,36,39)(H,33,35,37);4-5,9-14,16-17,20-21,32H,6-8,15H2,1-3H3,(H,34,38)(H,36,39)(H,33,35,37);4-5,9-16,18,21-22,32H,6-8,17H2,1-3H3,(H,33,37)(H,35,38)(H,31,34,36);2H,1H3;1H4/t22-,23+;20-,21+;21-,22+;;/m000../s1. The van der Waals surface area contributed by atoms with Gasteiger partial charge in [0.2, 0.25) is 17.8 Å². The number of rotatable bonds is 18. The average Bonchev–Trinajstić information content (AvgIpc) is 1.63. The predicted octanol–water partition coefficient (Wildman–Crippen LogP) is 19.8. The van der Waals surface area contributed by atoms with Gasteiger partial charge in [0, 0.05) is 134 Å². The number of allylic oxidation sites excluding steroid dienone is 1. The van der Waals surface area contributed by atoms with Gasteiger partial charge in [-0.2, -0.15) is 0 Å². The number of hydrogen-bond donors (Lipinski definition) is 12. The fourth-order valence-electron chi connectivity index (χ4n) is 15.0. The van der Waals surface area contributed by atoms with E-state index in [0.29, 0.717) is 67.3 Å². The van der Waals surface area contributed by atoms with Gasteiger partial charge in [0.25, 0.3) is 17.7 Å². The number of para-hydroxylation sites is 2. The van der Waals surface area contributed by atoms with Crippen LogP contribution in [0.1, 0.15) is 195 Å². The van der Waals surface area contributed by atoms with Gasteiger partial charge in [-0.3, -0.25) is 30.3 Å². The lowest BCUT2D eigenvalue weighted by Gasteiger charge is -2.30. The second-order valence-electron chi connectivity index (χ2n) is 33.2. The summed E-state index contributed by atoms with van der Waals surface area (Å²) in [7, 11) is 1.00. The van der Waals surface area contributed by atoms with Crippen molar-refractivity contribution in [1.82, 2.24) is 55.8 Å². The van der Waals surface area contributed by atoms with Crippen LogP contribution < -0.4 is 47.9 Å². The van der Waals surface area contributed by atoms with Crippen LogP contribution in [0.15, 0.2) is 189 Å². The summed E-state index contributed by atoms with van der Waals surface area (Å²) in [6.07, 6.45) is 21.2. The molecule has 0 aliphatic heterocycles. The molecule has 5 aromatic heterocycles. The van der Waals surface area contributed by atoms with E-state index in [1.807, 2.05) is 73.1 Å². The number of fused-ring (bicyclic) bond motifs is 3. The fraction of sp³-hybridized carbons (Fsp3) is 0.355. The number of aliphatic hydroxyl groups is 1. The largest absolute Gasteiger partial charge is 0.444 e. The van der Waals surface area contributed by atoms with Gasteiger partial charge in [-0.15, -0.1) is 0 Å². The van der Waals surface area contributed by atoms with E-state index >= 15 is 0 Å². The lowest BCUT2D eigenvalue weighted by atomic mass is 9.91. The van der Waals surface area contributed by atoms with Crippen LogP contribution in [0, 0.1) is 0 Å². The minimum Gasteiger partial charge on any atom is -0.444 e. The molecule has 12 N–H and O–H groups in total. The monoisotopic (exact) mass is 1690 g/mol. The number of benzene rings is 6. The number of halogens is 2. The number of ether oxygens (including phenoxy) is 3. The van der Waals surface area contributed by atoms with Crippen LogP contribution in [-0.2, 0) is 20.6 Å². The van der Waals surface area contributed by atoms with Gasteiger partial charge >= 0.3 is 18.3 Å². The van der Waals surface area contributed by atoms with Crippen LogP contribution in [0.3, 0.4) is 0 Å². The number of anilines is 6. The van der Waals surface area contributed by atoms with E-state index in [9.17, 15) is 28.8 Å². The molecule has 5 heterocycles. The van der Waals surface area contributed by atoms with E-state index in [0.717, 1.165) is 146 Å². The Morgan fingerprint density at radius 2 is 0.779 bits per heavy atom. The number of hydrogen-bond acceptors (Lipinski definition) is 19. The molecule has 122 heavy (non-hydrogen) atoms. The molecule has 3 fully saturated rings. The molecule has 29 heteroatoms. The highest BCUT2D eigenvalue weighted by Crippen LogP contribution is 2.38. The first kappa shape index (κ1) is 90.3. The molecule has 6 amide bonds. The number of aromatic amines is 2. The minimum absolute atomic E-state index is 0. The molecule has 27 nitrogen and oxygen atoms in total. The molecule has 6 atom stereocenters. The topological polar surface area (TPSA) is 368 Å². The molecule has 11 aromatic rings. The SMILES string of the molecule is C.CC(C)(C)OC(=O)Nc1ccc(C(=O)N[C@H]2CCC[C@@H](Nc3ncc(Cl)c(-c4c[nH]c5ccccc45)n3)C2)cc1.CC(C)(C)OC(=O)Nc1ccc(C(=O)N[C@H]2CCC[C@@H](Nc3ncc(Cl)c(C4=CCc5ccccc54)n3)C2)cc1.CC(C)(C)OC(=O)Nc1ccc(C(=O)N[C@H]2CCC[C@@H](Nc3nccc(-c4c[nH]c5ccccc45)n3)C2)cc1.CO. The molecule has 3 saturated carbocycles. The Labute approximate surface area is 721 Å². The smallest absolute Gasteiger partial charge is 0.412 e. The third kappa shape index (κ3) is 25.6. The summed E-state index contributed by atoms with van der Waals surface area (Å²) < 4.78 is 15.8. The average molecular weight is 1700 g/mol. The Bertz CT molecular complexity index is 5470. The molecule has 0 unspecified atom stereocenters. The third-order valence-corrected chi connectivity index (χ3v) is 20.9. The van der Waals surface area contributed by atoms with Crippen molar-refractivity contribution in [3.63, 3.8) is 0 Å². The Kier molecular flexibility index (Phi) is 30.5. The van der Waals surface area contributed by atoms with Crippen LogP contribution in [0.5, 0.6) is 0 Å². The Balaban J connectivity index is 0.000000176. The molecule has 6 aromatic carbocycles. The molecule has 0 bridgehead atoms. The number of aromatic nitrogens is 8. The van der Waals surface area contributed by atoms with Crippen molar-refractivity contribution in [3.05, 3.63) is 232 Å². The zero-order valence-corrected chi connectivity index (χ0v) is 71.1. The van der Waals surface area contributed by atoms with Gasteiger partial charge in [-0.25, -0.2) is 44.3 Å². The van der Waals surface area contributed by atoms with Gasteiger partial charge < -0.3 is 61.2 Å². The molecule has 0 radical (unpaired) electrons. The van der Waals surface area contributed by atoms with Crippen molar-refractivity contribution >= 4 is 121 Å². The summed E-state index contributed by atoms with van der Waals surface area (Å²) >= 11 is 13.0. The maximum Gasteiger partial charge on any atom is 0.412 e. The molecule has 640 valence electrons. The first-order valence-electron chi connectivity index (χ1n) is 40.8. The highest BCUT2D eigenvalue weighted by atomic mass is 35.5. The first-order chi connectivity index (χ1) is 58.0. The zero-order chi connectivity index (χ0) is 86.0. The van der Waals surface area contributed by atoms with Crippen LogP contribution in [0.25, 0.3) is 49.9 Å². The van der Waals surface area contributed by atoms with Gasteiger partial charge in [0.05, 0.1) is 39.5 Å². The number of H-pyrrole nitrogens is 2. The van der Waals surface area contributed by atoms with Crippen molar-refractivity contribution in [2.45, 2.75) is 206 Å². The second-order valence-corrected chi connectivity index (χ2v) is 34.0. The maximum atomic E-state index is 12.9. The van der Waals surface area contributed by atoms with Gasteiger partial charge in [-0.05, 0) is 248 Å². The second kappa shape index (κ2) is 41.2. The van der Waals surface area contributed by atoms with E-state index in [2.05, 4.69) is 97.0 Å². The first-order valence-corrected chi connectivity index (χ1v) is 41.5. The molecule has 15 rings (SSSR count). The molecular weight excluding hydrogens is 1590 g/mol. The summed E-state index contributed by atoms with van der Waals surface area (Å²) in [5, 5.41) is 38.1. The van der Waals surface area contributed by atoms with Crippen molar-refractivity contribution in [1.29, 1.82) is 0 Å². The molecule has 4 aliphatic rings. The third-order valence-electron chi connectivity index (χ3n) is 20.3. The van der Waals surface area contributed by atoms with Crippen LogP contribution in [0.2, 0.25) is 10.0 Å². The van der Waals surface area contributed by atoms with E-state index in [1.54, 1.807) is 154 Å². The Morgan fingerprint density at radius 3 is 1.20 bits per heavy atom. The van der Waals surface area contributed by atoms with Crippen molar-refractivity contribution < 1.29 is 48.1 Å². The number of carbonyl (C=O) groups excluding carboxylic acids is 6. The summed E-state index contributed by atoms with van der Waals surface area (Å²) in [4.78, 5) is 109. The highest BCUT2D eigenvalue weighted by Gasteiger charge is 2.30. The number of aliphatic hydroxyl groups excluding tert-OH is 1. The number of amides is 6. The maximum absolute atomic E-state index is 12.9. The summed E-state index contributed by atoms with van der Waals surface area (Å²) in [5.74, 6) is 1.19. The van der Waals surface area contributed by atoms with Gasteiger partial charge in [0.15, 0.2) is 0 Å². The highest BCUT2D eigenvalue weighted by molar-refractivity contribution is 6.33. The summed E-state index contributed by atoms with van der Waals surface area (Å²) in [5.41, 5.74) is 11.3.